The standard InChI is InChI=1S/C22H21N3O6/c1-13(20(28)15-7-9-17(10-8-15)24-14(2)26)31-21(29)18-6-4-3-5-16(18)12-25-19(27)11-23-22(25)30/h3-10,13H,11-12H2,1-2H3,(H,23,30)(H,24,26). The van der Waals surface area contributed by atoms with Crippen LogP contribution in [0.2, 0.25) is 0 Å². The molecule has 0 radical (unpaired) electrons. The Bertz CT molecular complexity index is 1030. The Labute approximate surface area is 178 Å². The van der Waals surface area contributed by atoms with Gasteiger partial charge in [-0.3, -0.25) is 19.3 Å². The third-order valence-electron chi connectivity index (χ3n) is 4.65. The Morgan fingerprint density at radius 3 is 2.39 bits per heavy atom. The number of carbonyl (C=O) groups excluding carboxylic acids is 5. The first kappa shape index (κ1) is 21.7. The molecule has 1 aliphatic rings. The molecule has 2 aromatic rings. The number of carbonyl (C=O) groups is 5. The summed E-state index contributed by atoms with van der Waals surface area (Å²) in [5.41, 5.74) is 1.46. The number of hydrogen-bond donors (Lipinski definition) is 2. The maximum Gasteiger partial charge on any atom is 0.339 e. The predicted octanol–water partition coefficient (Wildman–Crippen LogP) is 2.12. The third kappa shape index (κ3) is 5.13. The number of ketones is 1. The molecule has 2 aromatic carbocycles. The summed E-state index contributed by atoms with van der Waals surface area (Å²) in [6.07, 6.45) is -1.07. The van der Waals surface area contributed by atoms with Gasteiger partial charge in [0, 0.05) is 18.2 Å². The fourth-order valence-electron chi connectivity index (χ4n) is 3.08. The highest BCUT2D eigenvalue weighted by atomic mass is 16.5. The molecule has 1 fully saturated rings. The molecule has 0 saturated carbocycles. The summed E-state index contributed by atoms with van der Waals surface area (Å²) >= 11 is 0. The van der Waals surface area contributed by atoms with Crippen molar-refractivity contribution in [3.05, 3.63) is 65.2 Å². The van der Waals surface area contributed by atoms with Crippen LogP contribution in [0, 0.1) is 0 Å². The first-order chi connectivity index (χ1) is 14.8. The van der Waals surface area contributed by atoms with Gasteiger partial charge in [-0.15, -0.1) is 0 Å². The summed E-state index contributed by atoms with van der Waals surface area (Å²) in [5, 5.41) is 5.03. The van der Waals surface area contributed by atoms with E-state index >= 15 is 0 Å². The number of rotatable bonds is 7. The Balaban J connectivity index is 1.69. The molecule has 31 heavy (non-hydrogen) atoms. The van der Waals surface area contributed by atoms with Gasteiger partial charge >= 0.3 is 12.0 Å². The minimum absolute atomic E-state index is 0.0805. The lowest BCUT2D eigenvalue weighted by Crippen LogP contribution is -2.31. The van der Waals surface area contributed by atoms with Gasteiger partial charge in [-0.05, 0) is 42.8 Å². The van der Waals surface area contributed by atoms with Crippen molar-refractivity contribution in [2.75, 3.05) is 11.9 Å². The first-order valence-corrected chi connectivity index (χ1v) is 9.55. The van der Waals surface area contributed by atoms with Crippen molar-refractivity contribution in [3.63, 3.8) is 0 Å². The van der Waals surface area contributed by atoms with Crippen LogP contribution in [-0.2, 0) is 20.9 Å². The quantitative estimate of drug-likeness (QED) is 0.400. The van der Waals surface area contributed by atoms with Crippen molar-refractivity contribution in [2.24, 2.45) is 0 Å². The molecule has 0 aliphatic carbocycles. The van der Waals surface area contributed by atoms with Crippen molar-refractivity contribution in [2.45, 2.75) is 26.5 Å². The smallest absolute Gasteiger partial charge is 0.339 e. The number of amides is 4. The van der Waals surface area contributed by atoms with Gasteiger partial charge in [0.1, 0.15) is 0 Å². The molecule has 2 N–H and O–H groups in total. The van der Waals surface area contributed by atoms with Crippen LogP contribution in [0.15, 0.2) is 48.5 Å². The largest absolute Gasteiger partial charge is 0.451 e. The lowest BCUT2D eigenvalue weighted by molar-refractivity contribution is -0.125. The number of urea groups is 1. The van der Waals surface area contributed by atoms with Crippen LogP contribution >= 0.6 is 0 Å². The fraction of sp³-hybridized carbons (Fsp3) is 0.227. The third-order valence-corrected chi connectivity index (χ3v) is 4.65. The van der Waals surface area contributed by atoms with Gasteiger partial charge < -0.3 is 15.4 Å². The van der Waals surface area contributed by atoms with Gasteiger partial charge in [0.25, 0.3) is 0 Å². The van der Waals surface area contributed by atoms with Crippen molar-refractivity contribution in [1.29, 1.82) is 0 Å². The molecule has 1 aliphatic heterocycles. The van der Waals surface area contributed by atoms with Crippen molar-refractivity contribution < 1.29 is 28.7 Å². The van der Waals surface area contributed by atoms with E-state index in [0.29, 0.717) is 16.8 Å². The zero-order valence-electron chi connectivity index (χ0n) is 17.0. The van der Waals surface area contributed by atoms with Crippen molar-refractivity contribution >= 4 is 35.3 Å². The highest BCUT2D eigenvalue weighted by molar-refractivity contribution is 6.03. The minimum atomic E-state index is -1.07. The van der Waals surface area contributed by atoms with E-state index < -0.39 is 23.9 Å². The topological polar surface area (TPSA) is 122 Å². The Hall–Kier alpha value is -4.01. The maximum atomic E-state index is 12.7. The second kappa shape index (κ2) is 9.21. The van der Waals surface area contributed by atoms with Crippen LogP contribution in [0.1, 0.15) is 40.1 Å². The van der Waals surface area contributed by atoms with Gasteiger partial charge in [-0.2, -0.15) is 0 Å². The number of imide groups is 1. The second-order valence-electron chi connectivity index (χ2n) is 6.97. The van der Waals surface area contributed by atoms with Crippen molar-refractivity contribution in [1.82, 2.24) is 10.2 Å². The number of anilines is 1. The lowest BCUT2D eigenvalue weighted by Gasteiger charge is -2.17. The average molecular weight is 423 g/mol. The van der Waals surface area contributed by atoms with E-state index in [-0.39, 0.29) is 30.5 Å². The number of esters is 1. The van der Waals surface area contributed by atoms with E-state index in [1.807, 2.05) is 0 Å². The van der Waals surface area contributed by atoms with Crippen LogP contribution in [0.4, 0.5) is 10.5 Å². The Morgan fingerprint density at radius 2 is 1.77 bits per heavy atom. The van der Waals surface area contributed by atoms with Gasteiger partial charge in [-0.25, -0.2) is 9.59 Å². The highest BCUT2D eigenvalue weighted by Gasteiger charge is 2.30. The van der Waals surface area contributed by atoms with E-state index in [4.69, 9.17) is 4.74 Å². The molecule has 0 aromatic heterocycles. The van der Waals surface area contributed by atoms with Crippen LogP contribution in [-0.4, -0.2) is 47.1 Å². The van der Waals surface area contributed by atoms with Crippen LogP contribution in [0.25, 0.3) is 0 Å². The van der Waals surface area contributed by atoms with Crippen LogP contribution in [0.5, 0.6) is 0 Å². The van der Waals surface area contributed by atoms with Gasteiger partial charge in [0.05, 0.1) is 18.7 Å². The minimum Gasteiger partial charge on any atom is -0.451 e. The summed E-state index contributed by atoms with van der Waals surface area (Å²) in [7, 11) is 0. The van der Waals surface area contributed by atoms with Crippen LogP contribution < -0.4 is 10.6 Å². The molecule has 3 rings (SSSR count). The molecule has 1 unspecified atom stereocenters. The molecule has 1 atom stereocenters. The number of Topliss-reactive ketones (excluding diaryl/α,β-unsaturated/α-hetero) is 1. The van der Waals surface area contributed by atoms with Crippen LogP contribution in [0.3, 0.4) is 0 Å². The second-order valence-corrected chi connectivity index (χ2v) is 6.97. The number of benzene rings is 2. The lowest BCUT2D eigenvalue weighted by atomic mass is 10.1. The molecule has 9 heteroatoms. The molecular formula is C22H21N3O6. The van der Waals surface area contributed by atoms with E-state index in [9.17, 15) is 24.0 Å². The molecule has 1 heterocycles. The summed E-state index contributed by atoms with van der Waals surface area (Å²) in [5.74, 6) is -1.76. The molecule has 0 bridgehead atoms. The molecule has 9 nitrogen and oxygen atoms in total. The maximum absolute atomic E-state index is 12.7. The van der Waals surface area contributed by atoms with E-state index in [1.165, 1.54) is 32.0 Å². The zero-order valence-corrected chi connectivity index (χ0v) is 17.0. The summed E-state index contributed by atoms with van der Waals surface area (Å²) in [6.45, 7) is 2.67. The first-order valence-electron chi connectivity index (χ1n) is 9.55. The number of hydrogen-bond acceptors (Lipinski definition) is 6. The van der Waals surface area contributed by atoms with E-state index in [1.54, 1.807) is 30.3 Å². The van der Waals surface area contributed by atoms with E-state index in [0.717, 1.165) is 4.90 Å². The summed E-state index contributed by atoms with van der Waals surface area (Å²) < 4.78 is 5.34. The Morgan fingerprint density at radius 1 is 1.10 bits per heavy atom. The molecular weight excluding hydrogens is 402 g/mol. The highest BCUT2D eigenvalue weighted by Crippen LogP contribution is 2.17. The normalized spacial score (nSPS) is 14.1. The summed E-state index contributed by atoms with van der Waals surface area (Å²) in [4.78, 5) is 61.0. The SMILES string of the molecule is CC(=O)Nc1ccc(C(=O)C(C)OC(=O)c2ccccc2CN2C(=O)CNC2=O)cc1. The number of nitrogens with zero attached hydrogens (tertiary/aromatic N) is 1. The average Bonchev–Trinajstić information content (AvgIpc) is 3.05. The van der Waals surface area contributed by atoms with Crippen molar-refractivity contribution in [3.8, 4) is 0 Å². The molecule has 160 valence electrons. The fourth-order valence-corrected chi connectivity index (χ4v) is 3.08. The summed E-state index contributed by atoms with van der Waals surface area (Å²) in [6, 6.07) is 12.1. The molecule has 0 spiro atoms. The van der Waals surface area contributed by atoms with Gasteiger partial charge in [-0.1, -0.05) is 18.2 Å². The molecule has 1 saturated heterocycles. The number of nitrogens with one attached hydrogen (secondary N) is 2. The predicted molar refractivity (Wildman–Crippen MR) is 110 cm³/mol. The van der Waals surface area contributed by atoms with Gasteiger partial charge in [0.15, 0.2) is 6.10 Å². The number of ether oxygens (including phenoxy) is 1. The van der Waals surface area contributed by atoms with E-state index in [2.05, 4.69) is 10.6 Å². The van der Waals surface area contributed by atoms with Gasteiger partial charge in [0.2, 0.25) is 17.6 Å². The zero-order chi connectivity index (χ0) is 22.5. The Kier molecular flexibility index (Phi) is 6.44. The molecule has 4 amide bonds. The monoisotopic (exact) mass is 423 g/mol.